The molecular formula is C21H24Cl2N2O. The Morgan fingerprint density at radius 2 is 1.42 bits per heavy atom. The molecule has 3 rings (SSSR count). The zero-order chi connectivity index (χ0) is 18.7. The fraction of sp³-hybridized carbons (Fsp3) is 0.381. The lowest BCUT2D eigenvalue weighted by molar-refractivity contribution is -0.129. The van der Waals surface area contributed by atoms with Crippen LogP contribution < -0.4 is 5.32 Å². The molecule has 2 aromatic rings. The molecule has 1 fully saturated rings. The van der Waals surface area contributed by atoms with Crippen molar-refractivity contribution in [1.82, 2.24) is 10.2 Å². The van der Waals surface area contributed by atoms with Gasteiger partial charge in [-0.05, 0) is 67.7 Å². The van der Waals surface area contributed by atoms with Crippen LogP contribution in [-0.4, -0.2) is 38.0 Å². The molecule has 0 heterocycles. The van der Waals surface area contributed by atoms with Gasteiger partial charge >= 0.3 is 0 Å². The van der Waals surface area contributed by atoms with E-state index in [0.717, 1.165) is 13.0 Å². The SMILES string of the molecule is CN(C)CCNC(=O)C1[C@@H](c2ccc(Cl)cc2)C[C@H]1c1ccc(Cl)cc1. The van der Waals surface area contributed by atoms with Gasteiger partial charge in [-0.15, -0.1) is 0 Å². The Balaban J connectivity index is 1.78. The first-order valence-corrected chi connectivity index (χ1v) is 9.64. The molecule has 3 atom stereocenters. The van der Waals surface area contributed by atoms with Gasteiger partial charge in [0, 0.05) is 23.1 Å². The lowest BCUT2D eigenvalue weighted by Crippen LogP contribution is -2.46. The van der Waals surface area contributed by atoms with Crippen LogP contribution in [0, 0.1) is 5.92 Å². The molecule has 26 heavy (non-hydrogen) atoms. The standard InChI is InChI=1S/C21H24Cl2N2O/c1-25(2)12-11-24-21(26)20-18(14-3-7-16(22)8-4-14)13-19(20)15-5-9-17(23)10-6-15/h3-10,18-20H,11-13H2,1-2H3,(H,24,26)/t18-,19+,20?. The van der Waals surface area contributed by atoms with Crippen LogP contribution in [0.3, 0.4) is 0 Å². The quantitative estimate of drug-likeness (QED) is 0.783. The highest BCUT2D eigenvalue weighted by Crippen LogP contribution is 2.53. The van der Waals surface area contributed by atoms with Gasteiger partial charge in [-0.25, -0.2) is 0 Å². The van der Waals surface area contributed by atoms with Gasteiger partial charge in [-0.1, -0.05) is 47.5 Å². The number of benzene rings is 2. The van der Waals surface area contributed by atoms with E-state index in [9.17, 15) is 4.79 Å². The summed E-state index contributed by atoms with van der Waals surface area (Å²) in [7, 11) is 4.01. The summed E-state index contributed by atoms with van der Waals surface area (Å²) in [6.07, 6.45) is 0.953. The lowest BCUT2D eigenvalue weighted by Gasteiger charge is -2.44. The van der Waals surface area contributed by atoms with Gasteiger partial charge in [0.1, 0.15) is 0 Å². The zero-order valence-corrected chi connectivity index (χ0v) is 16.6. The number of amides is 1. The van der Waals surface area contributed by atoms with Gasteiger partial charge in [0.05, 0.1) is 5.92 Å². The highest BCUT2D eigenvalue weighted by molar-refractivity contribution is 6.30. The lowest BCUT2D eigenvalue weighted by atomic mass is 9.59. The van der Waals surface area contributed by atoms with Crippen LogP contribution in [0.1, 0.15) is 29.4 Å². The van der Waals surface area contributed by atoms with Crippen molar-refractivity contribution in [3.63, 3.8) is 0 Å². The van der Waals surface area contributed by atoms with Crippen LogP contribution in [0.2, 0.25) is 10.0 Å². The van der Waals surface area contributed by atoms with Gasteiger partial charge in [0.2, 0.25) is 5.91 Å². The molecule has 0 aliphatic heterocycles. The number of rotatable bonds is 6. The van der Waals surface area contributed by atoms with E-state index >= 15 is 0 Å². The van der Waals surface area contributed by atoms with Gasteiger partial charge in [0.25, 0.3) is 0 Å². The van der Waals surface area contributed by atoms with E-state index < -0.39 is 0 Å². The van der Waals surface area contributed by atoms with Crippen LogP contribution >= 0.6 is 23.2 Å². The minimum Gasteiger partial charge on any atom is -0.355 e. The number of nitrogens with zero attached hydrogens (tertiary/aromatic N) is 1. The largest absolute Gasteiger partial charge is 0.355 e. The van der Waals surface area contributed by atoms with Crippen molar-refractivity contribution < 1.29 is 4.79 Å². The summed E-state index contributed by atoms with van der Waals surface area (Å²) in [5, 5.41) is 4.54. The molecule has 1 unspecified atom stereocenters. The molecule has 3 nitrogen and oxygen atoms in total. The highest BCUT2D eigenvalue weighted by atomic mass is 35.5. The fourth-order valence-corrected chi connectivity index (χ4v) is 3.90. The van der Waals surface area contributed by atoms with Crippen molar-refractivity contribution in [2.75, 3.05) is 27.2 Å². The first-order chi connectivity index (χ1) is 12.5. The minimum atomic E-state index is -0.0699. The van der Waals surface area contributed by atoms with E-state index in [0.29, 0.717) is 16.6 Å². The first-order valence-electron chi connectivity index (χ1n) is 8.89. The predicted octanol–water partition coefficient (Wildman–Crippen LogP) is 4.56. The van der Waals surface area contributed by atoms with E-state index in [1.165, 1.54) is 11.1 Å². The third-order valence-corrected chi connectivity index (χ3v) is 5.64. The summed E-state index contributed by atoms with van der Waals surface area (Å²) < 4.78 is 0. The number of hydrogen-bond acceptors (Lipinski definition) is 2. The topological polar surface area (TPSA) is 32.3 Å². The van der Waals surface area contributed by atoms with Gasteiger partial charge < -0.3 is 10.2 Å². The Hall–Kier alpha value is -1.55. The monoisotopic (exact) mass is 390 g/mol. The fourth-order valence-electron chi connectivity index (χ4n) is 3.64. The Labute approximate surface area is 165 Å². The van der Waals surface area contributed by atoms with Gasteiger partial charge in [-0.3, -0.25) is 4.79 Å². The van der Waals surface area contributed by atoms with Crippen molar-refractivity contribution in [1.29, 1.82) is 0 Å². The van der Waals surface area contributed by atoms with Crippen molar-refractivity contribution in [2.45, 2.75) is 18.3 Å². The van der Waals surface area contributed by atoms with E-state index in [2.05, 4.69) is 10.2 Å². The molecule has 1 aliphatic carbocycles. The Morgan fingerprint density at radius 3 is 1.85 bits per heavy atom. The van der Waals surface area contributed by atoms with E-state index in [-0.39, 0.29) is 23.7 Å². The number of likely N-dealkylation sites (N-methyl/N-ethyl adjacent to an activating group) is 1. The summed E-state index contributed by atoms with van der Waals surface area (Å²) in [6.45, 7) is 1.48. The smallest absolute Gasteiger partial charge is 0.224 e. The van der Waals surface area contributed by atoms with E-state index in [1.54, 1.807) is 0 Å². The van der Waals surface area contributed by atoms with Crippen LogP contribution in [0.15, 0.2) is 48.5 Å². The number of carbonyl (C=O) groups excluding carboxylic acids is 1. The summed E-state index contributed by atoms with van der Waals surface area (Å²) in [6, 6.07) is 15.7. The second kappa shape index (κ2) is 8.43. The summed E-state index contributed by atoms with van der Waals surface area (Å²) in [4.78, 5) is 15.0. The molecule has 0 bridgehead atoms. The summed E-state index contributed by atoms with van der Waals surface area (Å²) in [5.41, 5.74) is 2.35. The summed E-state index contributed by atoms with van der Waals surface area (Å²) in [5.74, 6) is 0.483. The molecule has 1 amide bonds. The van der Waals surface area contributed by atoms with E-state index in [1.807, 2.05) is 62.6 Å². The van der Waals surface area contributed by atoms with Crippen molar-refractivity contribution >= 4 is 29.1 Å². The molecular weight excluding hydrogens is 367 g/mol. The number of carbonyl (C=O) groups is 1. The molecule has 2 aromatic carbocycles. The zero-order valence-electron chi connectivity index (χ0n) is 15.1. The molecule has 0 aromatic heterocycles. The normalized spacial score (nSPS) is 22.1. The third-order valence-electron chi connectivity index (χ3n) is 5.13. The van der Waals surface area contributed by atoms with Crippen molar-refractivity contribution in [3.05, 3.63) is 69.7 Å². The molecule has 0 spiro atoms. The second-order valence-corrected chi connectivity index (χ2v) is 8.04. The molecule has 0 radical (unpaired) electrons. The number of hydrogen-bond donors (Lipinski definition) is 1. The van der Waals surface area contributed by atoms with Crippen LogP contribution in [0.25, 0.3) is 0 Å². The maximum atomic E-state index is 12.9. The number of halogens is 2. The second-order valence-electron chi connectivity index (χ2n) is 7.17. The molecule has 1 N–H and O–H groups in total. The minimum absolute atomic E-state index is 0.0699. The predicted molar refractivity (Wildman–Crippen MR) is 108 cm³/mol. The molecule has 138 valence electrons. The Kier molecular flexibility index (Phi) is 6.23. The highest BCUT2D eigenvalue weighted by Gasteiger charge is 2.46. The average Bonchev–Trinajstić information content (AvgIpc) is 2.57. The van der Waals surface area contributed by atoms with Crippen molar-refractivity contribution in [2.24, 2.45) is 5.92 Å². The average molecular weight is 391 g/mol. The Morgan fingerprint density at radius 1 is 0.962 bits per heavy atom. The maximum absolute atomic E-state index is 12.9. The van der Waals surface area contributed by atoms with E-state index in [4.69, 9.17) is 23.2 Å². The maximum Gasteiger partial charge on any atom is 0.224 e. The summed E-state index contributed by atoms with van der Waals surface area (Å²) >= 11 is 12.0. The van der Waals surface area contributed by atoms with Crippen LogP contribution in [0.4, 0.5) is 0 Å². The van der Waals surface area contributed by atoms with Crippen molar-refractivity contribution in [3.8, 4) is 0 Å². The first kappa shape index (κ1) is 19.2. The van der Waals surface area contributed by atoms with Crippen LogP contribution in [-0.2, 0) is 4.79 Å². The molecule has 0 saturated heterocycles. The number of nitrogens with one attached hydrogen (secondary N) is 1. The van der Waals surface area contributed by atoms with Gasteiger partial charge in [-0.2, -0.15) is 0 Å². The Bertz CT molecular complexity index is 692. The van der Waals surface area contributed by atoms with Gasteiger partial charge in [0.15, 0.2) is 0 Å². The van der Waals surface area contributed by atoms with Crippen LogP contribution in [0.5, 0.6) is 0 Å². The molecule has 1 aliphatic rings. The third kappa shape index (κ3) is 4.40. The molecule has 5 heteroatoms. The molecule has 1 saturated carbocycles.